The highest BCUT2D eigenvalue weighted by Gasteiger charge is 2.04. The van der Waals surface area contributed by atoms with Crippen molar-refractivity contribution in [1.82, 2.24) is 0 Å². The number of benzene rings is 1. The van der Waals surface area contributed by atoms with Crippen LogP contribution in [0, 0.1) is 0 Å². The summed E-state index contributed by atoms with van der Waals surface area (Å²) in [6.07, 6.45) is 1.20. The van der Waals surface area contributed by atoms with E-state index < -0.39 is 6.04 Å². The lowest BCUT2D eigenvalue weighted by atomic mass is 10.1. The predicted octanol–water partition coefficient (Wildman–Crippen LogP) is 1.22. The molecule has 3 N–H and O–H groups in total. The van der Waals surface area contributed by atoms with Gasteiger partial charge in [-0.1, -0.05) is 6.07 Å². The second-order valence-corrected chi connectivity index (χ2v) is 3.64. The lowest BCUT2D eigenvalue weighted by Gasteiger charge is -2.05. The van der Waals surface area contributed by atoms with Gasteiger partial charge in [0.15, 0.2) is 0 Å². The van der Waals surface area contributed by atoms with Gasteiger partial charge in [-0.2, -0.15) is 0 Å². The fourth-order valence-electron chi connectivity index (χ4n) is 0.998. The van der Waals surface area contributed by atoms with E-state index in [4.69, 9.17) is 5.73 Å². The maximum absolute atomic E-state index is 10.3. The average molecular weight is 244 g/mol. The van der Waals surface area contributed by atoms with Crippen LogP contribution in [0.15, 0.2) is 22.7 Å². The van der Waals surface area contributed by atoms with Crippen LogP contribution in [0.2, 0.25) is 0 Å². The van der Waals surface area contributed by atoms with Crippen molar-refractivity contribution in [3.8, 4) is 5.75 Å². The molecular weight excluding hydrogens is 234 g/mol. The van der Waals surface area contributed by atoms with Gasteiger partial charge >= 0.3 is 0 Å². The van der Waals surface area contributed by atoms with Crippen LogP contribution < -0.4 is 5.73 Å². The third kappa shape index (κ3) is 2.82. The molecule has 0 aliphatic rings. The number of hydrogen-bond acceptors (Lipinski definition) is 3. The first-order valence-electron chi connectivity index (χ1n) is 3.81. The van der Waals surface area contributed by atoms with Crippen molar-refractivity contribution in [2.45, 2.75) is 12.5 Å². The number of carbonyl (C=O) groups excluding carboxylic acids is 1. The third-order valence-corrected chi connectivity index (χ3v) is 2.29. The number of nitrogens with two attached hydrogens (primary N) is 1. The highest BCUT2D eigenvalue weighted by Crippen LogP contribution is 2.24. The maximum Gasteiger partial charge on any atom is 0.137 e. The van der Waals surface area contributed by atoms with Crippen LogP contribution in [0.1, 0.15) is 5.56 Å². The van der Waals surface area contributed by atoms with Gasteiger partial charge in [0.2, 0.25) is 0 Å². The second-order valence-electron chi connectivity index (χ2n) is 2.79. The molecule has 1 unspecified atom stereocenters. The monoisotopic (exact) mass is 243 g/mol. The van der Waals surface area contributed by atoms with E-state index in [1.807, 2.05) is 0 Å². The minimum Gasteiger partial charge on any atom is -0.507 e. The summed E-state index contributed by atoms with van der Waals surface area (Å²) >= 11 is 3.18. The zero-order valence-corrected chi connectivity index (χ0v) is 8.49. The number of phenols is 1. The number of halogens is 1. The Morgan fingerprint density at radius 3 is 2.85 bits per heavy atom. The molecule has 0 aliphatic heterocycles. The molecule has 0 saturated heterocycles. The minimum absolute atomic E-state index is 0.184. The Kier molecular flexibility index (Phi) is 3.45. The van der Waals surface area contributed by atoms with Gasteiger partial charge in [-0.15, -0.1) is 0 Å². The number of hydrogen-bond donors (Lipinski definition) is 2. The summed E-state index contributed by atoms with van der Waals surface area (Å²) in [6.45, 7) is 0. The molecule has 0 amide bonds. The fourth-order valence-corrected chi connectivity index (χ4v) is 1.42. The van der Waals surface area contributed by atoms with Gasteiger partial charge in [0.05, 0.1) is 10.5 Å². The first-order chi connectivity index (χ1) is 6.13. The summed E-state index contributed by atoms with van der Waals surface area (Å²) in [6, 6.07) is 4.58. The van der Waals surface area contributed by atoms with Crippen molar-refractivity contribution in [3.63, 3.8) is 0 Å². The van der Waals surface area contributed by atoms with E-state index in [-0.39, 0.29) is 5.75 Å². The summed E-state index contributed by atoms with van der Waals surface area (Å²) in [5, 5.41) is 9.19. The smallest absolute Gasteiger partial charge is 0.137 e. The second kappa shape index (κ2) is 4.39. The van der Waals surface area contributed by atoms with E-state index in [0.717, 1.165) is 5.56 Å². The Hall–Kier alpha value is -0.870. The third-order valence-electron chi connectivity index (χ3n) is 1.66. The highest BCUT2D eigenvalue weighted by atomic mass is 79.9. The van der Waals surface area contributed by atoms with E-state index in [9.17, 15) is 9.90 Å². The lowest BCUT2D eigenvalue weighted by molar-refractivity contribution is -0.108. The van der Waals surface area contributed by atoms with Gasteiger partial charge in [-0.25, -0.2) is 0 Å². The van der Waals surface area contributed by atoms with Crippen molar-refractivity contribution < 1.29 is 9.90 Å². The summed E-state index contributed by atoms with van der Waals surface area (Å²) in [5.41, 5.74) is 6.37. The van der Waals surface area contributed by atoms with Crippen LogP contribution in [-0.4, -0.2) is 17.4 Å². The van der Waals surface area contributed by atoms with E-state index in [2.05, 4.69) is 15.9 Å². The van der Waals surface area contributed by atoms with E-state index in [0.29, 0.717) is 17.2 Å². The molecule has 4 heteroatoms. The molecule has 13 heavy (non-hydrogen) atoms. The Balaban J connectivity index is 2.79. The van der Waals surface area contributed by atoms with Gasteiger partial charge in [0.25, 0.3) is 0 Å². The molecule has 0 bridgehead atoms. The number of rotatable bonds is 3. The van der Waals surface area contributed by atoms with Crippen molar-refractivity contribution in [3.05, 3.63) is 28.2 Å². The number of aldehydes is 1. The van der Waals surface area contributed by atoms with Crippen LogP contribution in [0.3, 0.4) is 0 Å². The van der Waals surface area contributed by atoms with Gasteiger partial charge in [-0.05, 0) is 40.0 Å². The van der Waals surface area contributed by atoms with Crippen molar-refractivity contribution in [1.29, 1.82) is 0 Å². The standard InChI is InChI=1S/C9H10BrNO2/c10-8-4-6(1-2-9(8)13)3-7(11)5-12/h1-2,4-5,7,13H,3,11H2. The summed E-state index contributed by atoms with van der Waals surface area (Å²) in [7, 11) is 0. The number of aromatic hydroxyl groups is 1. The molecule has 1 atom stereocenters. The van der Waals surface area contributed by atoms with Crippen molar-refractivity contribution in [2.24, 2.45) is 5.73 Å². The van der Waals surface area contributed by atoms with Crippen LogP contribution in [0.4, 0.5) is 0 Å². The summed E-state index contributed by atoms with van der Waals surface area (Å²) in [4.78, 5) is 10.3. The van der Waals surface area contributed by atoms with E-state index in [1.165, 1.54) is 0 Å². The van der Waals surface area contributed by atoms with Crippen molar-refractivity contribution in [2.75, 3.05) is 0 Å². The SMILES string of the molecule is NC(C=O)Cc1ccc(O)c(Br)c1. The molecule has 0 aliphatic carbocycles. The first kappa shape index (κ1) is 10.2. The zero-order chi connectivity index (χ0) is 9.84. The Bertz CT molecular complexity index is 314. The number of phenolic OH excluding ortho intramolecular Hbond substituents is 1. The van der Waals surface area contributed by atoms with Crippen LogP contribution in [0.5, 0.6) is 5.75 Å². The molecule has 0 saturated carbocycles. The molecule has 70 valence electrons. The van der Waals surface area contributed by atoms with E-state index in [1.54, 1.807) is 18.2 Å². The van der Waals surface area contributed by atoms with E-state index >= 15 is 0 Å². The average Bonchev–Trinajstić information content (AvgIpc) is 2.11. The van der Waals surface area contributed by atoms with Gasteiger partial charge in [0, 0.05) is 0 Å². The molecule has 0 aromatic heterocycles. The first-order valence-corrected chi connectivity index (χ1v) is 4.61. The molecule has 3 nitrogen and oxygen atoms in total. The maximum atomic E-state index is 10.3. The van der Waals surface area contributed by atoms with Crippen LogP contribution in [0.25, 0.3) is 0 Å². The lowest BCUT2D eigenvalue weighted by Crippen LogP contribution is -2.23. The van der Waals surface area contributed by atoms with Gasteiger partial charge < -0.3 is 15.6 Å². The molecule has 0 heterocycles. The molecule has 0 fully saturated rings. The zero-order valence-electron chi connectivity index (χ0n) is 6.90. The molecule has 0 spiro atoms. The molecule has 1 aromatic carbocycles. The molecule has 1 aromatic rings. The van der Waals surface area contributed by atoms with Crippen LogP contribution >= 0.6 is 15.9 Å². The highest BCUT2D eigenvalue weighted by molar-refractivity contribution is 9.10. The summed E-state index contributed by atoms with van der Waals surface area (Å²) in [5.74, 6) is 0.184. The fraction of sp³-hybridized carbons (Fsp3) is 0.222. The van der Waals surface area contributed by atoms with Crippen LogP contribution in [-0.2, 0) is 11.2 Å². The normalized spacial score (nSPS) is 12.5. The minimum atomic E-state index is -0.476. The van der Waals surface area contributed by atoms with Gasteiger partial charge in [-0.3, -0.25) is 0 Å². The molecular formula is C9H10BrNO2. The molecule has 1 rings (SSSR count). The topological polar surface area (TPSA) is 63.3 Å². The van der Waals surface area contributed by atoms with Crippen molar-refractivity contribution >= 4 is 22.2 Å². The summed E-state index contributed by atoms with van der Waals surface area (Å²) < 4.78 is 0.614. The number of carbonyl (C=O) groups is 1. The quantitative estimate of drug-likeness (QED) is 0.786. The Morgan fingerprint density at radius 1 is 1.62 bits per heavy atom. The largest absolute Gasteiger partial charge is 0.507 e. The Labute approximate surface area is 84.7 Å². The predicted molar refractivity (Wildman–Crippen MR) is 53.6 cm³/mol. The molecule has 0 radical (unpaired) electrons. The van der Waals surface area contributed by atoms with Gasteiger partial charge in [0.1, 0.15) is 12.0 Å². The Morgan fingerprint density at radius 2 is 2.31 bits per heavy atom.